The van der Waals surface area contributed by atoms with E-state index in [2.05, 4.69) is 20.2 Å². The number of para-hydroxylation sites is 1. The van der Waals surface area contributed by atoms with E-state index in [1.54, 1.807) is 23.4 Å². The minimum Gasteiger partial charge on any atom is -0.338 e. The third kappa shape index (κ3) is 4.92. The highest BCUT2D eigenvalue weighted by molar-refractivity contribution is 7.89. The van der Waals surface area contributed by atoms with E-state index in [4.69, 9.17) is 0 Å². The van der Waals surface area contributed by atoms with Gasteiger partial charge in [0.05, 0.1) is 5.69 Å². The first-order valence-electron chi connectivity index (χ1n) is 10.9. The van der Waals surface area contributed by atoms with Crippen LogP contribution in [0.3, 0.4) is 0 Å². The smallest absolute Gasteiger partial charge is 0.250 e. The van der Waals surface area contributed by atoms with Gasteiger partial charge in [-0.15, -0.1) is 0 Å². The number of piperazine rings is 1. The number of nitrogens with zero attached hydrogens (tertiary/aromatic N) is 6. The van der Waals surface area contributed by atoms with Gasteiger partial charge in [0, 0.05) is 26.2 Å². The molecule has 0 saturated carbocycles. The summed E-state index contributed by atoms with van der Waals surface area (Å²) in [6.07, 6.45) is 0. The predicted octanol–water partition coefficient (Wildman–Crippen LogP) is 1.45. The number of hydrogen-bond donors (Lipinski definition) is 1. The lowest BCUT2D eigenvalue weighted by Crippen LogP contribution is -2.56. The summed E-state index contributed by atoms with van der Waals surface area (Å²) in [4.78, 5) is 16.4. The molecule has 1 fully saturated rings. The molecule has 10 nitrogen and oxygen atoms in total. The van der Waals surface area contributed by atoms with Gasteiger partial charge in [0.25, 0.3) is 0 Å². The number of tetrazole rings is 1. The van der Waals surface area contributed by atoms with Crippen molar-refractivity contribution < 1.29 is 17.6 Å². The summed E-state index contributed by atoms with van der Waals surface area (Å²) in [5.74, 6) is -0.983. The van der Waals surface area contributed by atoms with Gasteiger partial charge in [0.2, 0.25) is 21.9 Å². The highest BCUT2D eigenvalue weighted by atomic mass is 32.2. The fourth-order valence-corrected chi connectivity index (χ4v) is 5.22. The second-order valence-corrected chi connectivity index (χ2v) is 9.99. The Hall–Kier alpha value is -3.38. The summed E-state index contributed by atoms with van der Waals surface area (Å²) < 4.78 is 43.7. The Morgan fingerprint density at radius 2 is 1.65 bits per heavy atom. The molecule has 0 aliphatic carbocycles. The van der Waals surface area contributed by atoms with E-state index < -0.39 is 26.8 Å². The highest BCUT2D eigenvalue weighted by Crippen LogP contribution is 2.20. The molecule has 1 atom stereocenters. The topological polar surface area (TPSA) is 113 Å². The Kier molecular flexibility index (Phi) is 6.89. The van der Waals surface area contributed by atoms with E-state index in [0.717, 1.165) is 11.8 Å². The van der Waals surface area contributed by atoms with Gasteiger partial charge in [-0.1, -0.05) is 49.3 Å². The summed E-state index contributed by atoms with van der Waals surface area (Å²) in [6, 6.07) is 13.6. The average molecular weight is 488 g/mol. The van der Waals surface area contributed by atoms with Crippen LogP contribution in [0.1, 0.15) is 13.8 Å². The molecule has 180 valence electrons. The third-order valence-electron chi connectivity index (χ3n) is 5.67. The Morgan fingerprint density at radius 3 is 2.29 bits per heavy atom. The van der Waals surface area contributed by atoms with Crippen LogP contribution in [0.15, 0.2) is 59.5 Å². The van der Waals surface area contributed by atoms with Crippen LogP contribution in [0.25, 0.3) is 5.69 Å². The highest BCUT2D eigenvalue weighted by Gasteiger charge is 2.34. The van der Waals surface area contributed by atoms with Crippen LogP contribution in [-0.4, -0.2) is 71.7 Å². The molecule has 1 aliphatic rings. The SMILES string of the molecule is CC(C)[C@H](NS(=O)(=O)c1ccccc1F)C(=O)N1CCN(c2nnnn2-c2ccccc2)CC1. The molecule has 0 unspecified atom stereocenters. The van der Waals surface area contributed by atoms with Gasteiger partial charge in [-0.05, 0) is 40.6 Å². The van der Waals surface area contributed by atoms with E-state index in [-0.39, 0.29) is 11.8 Å². The number of carbonyl (C=O) groups excluding carboxylic acids is 1. The zero-order valence-electron chi connectivity index (χ0n) is 18.9. The van der Waals surface area contributed by atoms with Crippen molar-refractivity contribution in [3.63, 3.8) is 0 Å². The van der Waals surface area contributed by atoms with Gasteiger partial charge in [-0.3, -0.25) is 4.79 Å². The van der Waals surface area contributed by atoms with Crippen molar-refractivity contribution in [2.45, 2.75) is 24.8 Å². The van der Waals surface area contributed by atoms with E-state index in [9.17, 15) is 17.6 Å². The molecule has 2 aromatic carbocycles. The lowest BCUT2D eigenvalue weighted by atomic mass is 10.0. The third-order valence-corrected chi connectivity index (χ3v) is 7.14. The van der Waals surface area contributed by atoms with E-state index in [1.165, 1.54) is 18.2 Å². The normalized spacial score (nSPS) is 15.5. The molecule has 1 aromatic heterocycles. The minimum absolute atomic E-state index is 0.336. The van der Waals surface area contributed by atoms with Gasteiger partial charge < -0.3 is 9.80 Å². The van der Waals surface area contributed by atoms with Crippen molar-refractivity contribution in [2.75, 3.05) is 31.1 Å². The number of sulfonamides is 1. The molecular weight excluding hydrogens is 461 g/mol. The minimum atomic E-state index is -4.21. The van der Waals surface area contributed by atoms with Crippen LogP contribution in [0, 0.1) is 11.7 Å². The molecule has 1 amide bonds. The Bertz CT molecular complexity index is 1240. The Balaban J connectivity index is 1.45. The Morgan fingerprint density at radius 1 is 1.00 bits per heavy atom. The zero-order valence-corrected chi connectivity index (χ0v) is 19.7. The van der Waals surface area contributed by atoms with E-state index in [1.807, 2.05) is 35.2 Å². The number of hydrogen-bond acceptors (Lipinski definition) is 7. The largest absolute Gasteiger partial charge is 0.338 e. The number of benzene rings is 2. The first-order chi connectivity index (χ1) is 16.3. The number of aromatic nitrogens is 4. The molecule has 1 N–H and O–H groups in total. The summed E-state index contributed by atoms with van der Waals surface area (Å²) in [6.45, 7) is 5.18. The summed E-state index contributed by atoms with van der Waals surface area (Å²) in [5, 5.41) is 12.0. The second kappa shape index (κ2) is 9.85. The van der Waals surface area contributed by atoms with Crippen LogP contribution >= 0.6 is 0 Å². The predicted molar refractivity (Wildman–Crippen MR) is 123 cm³/mol. The number of carbonyl (C=O) groups is 1. The van der Waals surface area contributed by atoms with Crippen molar-refractivity contribution in [3.8, 4) is 5.69 Å². The van der Waals surface area contributed by atoms with Gasteiger partial charge >= 0.3 is 0 Å². The molecule has 2 heterocycles. The Labute approximate surface area is 197 Å². The van der Waals surface area contributed by atoms with E-state index in [0.29, 0.717) is 32.1 Å². The summed E-state index contributed by atoms with van der Waals surface area (Å²) in [7, 11) is -4.21. The van der Waals surface area contributed by atoms with Gasteiger partial charge in [0.15, 0.2) is 0 Å². The number of rotatable bonds is 7. The molecule has 12 heteroatoms. The number of amides is 1. The first-order valence-corrected chi connectivity index (χ1v) is 12.4. The molecule has 0 bridgehead atoms. The van der Waals surface area contributed by atoms with Gasteiger partial charge in [-0.2, -0.15) is 9.40 Å². The number of halogens is 1. The van der Waals surface area contributed by atoms with Crippen LogP contribution in [0.2, 0.25) is 0 Å². The molecule has 0 spiro atoms. The maximum absolute atomic E-state index is 14.1. The first kappa shape index (κ1) is 23.8. The lowest BCUT2D eigenvalue weighted by molar-refractivity contribution is -0.134. The molecule has 0 radical (unpaired) electrons. The van der Waals surface area contributed by atoms with Crippen LogP contribution in [0.4, 0.5) is 10.3 Å². The monoisotopic (exact) mass is 487 g/mol. The second-order valence-electron chi connectivity index (χ2n) is 8.31. The van der Waals surface area contributed by atoms with Crippen molar-refractivity contribution in [1.82, 2.24) is 29.8 Å². The number of anilines is 1. The fourth-order valence-electron chi connectivity index (χ4n) is 3.80. The maximum Gasteiger partial charge on any atom is 0.250 e. The molecule has 3 aromatic rings. The van der Waals surface area contributed by atoms with Gasteiger partial charge in [0.1, 0.15) is 16.8 Å². The molecule has 1 saturated heterocycles. The summed E-state index contributed by atoms with van der Waals surface area (Å²) >= 11 is 0. The number of nitrogens with one attached hydrogen (secondary N) is 1. The lowest BCUT2D eigenvalue weighted by Gasteiger charge is -2.37. The summed E-state index contributed by atoms with van der Waals surface area (Å²) in [5.41, 5.74) is 0.823. The van der Waals surface area contributed by atoms with Crippen LogP contribution in [-0.2, 0) is 14.8 Å². The molecular formula is C22H26FN7O3S. The van der Waals surface area contributed by atoms with Crippen LogP contribution < -0.4 is 9.62 Å². The fraction of sp³-hybridized carbons (Fsp3) is 0.364. The maximum atomic E-state index is 14.1. The van der Waals surface area contributed by atoms with Gasteiger partial charge in [-0.25, -0.2) is 12.8 Å². The van der Waals surface area contributed by atoms with Crippen LogP contribution in [0.5, 0.6) is 0 Å². The molecule has 4 rings (SSSR count). The van der Waals surface area contributed by atoms with Crippen molar-refractivity contribution in [3.05, 3.63) is 60.4 Å². The van der Waals surface area contributed by atoms with Crippen molar-refractivity contribution in [2.24, 2.45) is 5.92 Å². The van der Waals surface area contributed by atoms with Crippen molar-refractivity contribution in [1.29, 1.82) is 0 Å². The standard InChI is InChI=1S/C22H26FN7O3S/c1-16(2)20(25-34(32,33)19-11-7-6-10-18(19)23)21(31)28-12-14-29(15-13-28)22-24-26-27-30(22)17-8-4-3-5-9-17/h3-11,16,20,25H,12-15H2,1-2H3/t20-/m0/s1. The average Bonchev–Trinajstić information content (AvgIpc) is 3.33. The molecule has 34 heavy (non-hydrogen) atoms. The van der Waals surface area contributed by atoms with E-state index >= 15 is 0 Å². The quantitative estimate of drug-likeness (QED) is 0.537. The zero-order chi connectivity index (χ0) is 24.3. The molecule has 1 aliphatic heterocycles. The van der Waals surface area contributed by atoms with Crippen molar-refractivity contribution >= 4 is 21.9 Å².